The van der Waals surface area contributed by atoms with Crippen LogP contribution in [0.5, 0.6) is 23.0 Å². The number of allylic oxidation sites excluding steroid dienone is 2. The van der Waals surface area contributed by atoms with E-state index in [1.807, 2.05) is 0 Å². The number of carbonyl (C=O) groups excluding carboxylic acids is 2. The summed E-state index contributed by atoms with van der Waals surface area (Å²) >= 11 is 0. The van der Waals surface area contributed by atoms with E-state index in [9.17, 15) is 19.8 Å². The monoisotopic (exact) mass is 368 g/mol. The molecule has 6 nitrogen and oxygen atoms in total. The zero-order valence-electron chi connectivity index (χ0n) is 15.0. The second-order valence-corrected chi connectivity index (χ2v) is 5.57. The molecule has 2 aromatic rings. The van der Waals surface area contributed by atoms with Crippen molar-refractivity contribution in [3.63, 3.8) is 0 Å². The number of phenolic OH excluding ortho intramolecular Hbond substituents is 2. The third kappa shape index (κ3) is 5.22. The van der Waals surface area contributed by atoms with Gasteiger partial charge in [-0.15, -0.1) is 0 Å². The molecule has 2 N–H and O–H groups in total. The van der Waals surface area contributed by atoms with Crippen LogP contribution in [0.2, 0.25) is 0 Å². The van der Waals surface area contributed by atoms with E-state index in [1.165, 1.54) is 38.5 Å². The molecule has 0 fully saturated rings. The van der Waals surface area contributed by atoms with Gasteiger partial charge in [0.05, 0.1) is 20.6 Å². The zero-order chi connectivity index (χ0) is 19.8. The standard InChI is InChI=1S/C21H20O6/c1-26-18-7-3-5-14(20(18)24)9-11-16(22)13-17(23)12-10-15-6-4-8-19(27-2)21(15)25/h3-12,24-25H,13H2,1-2H3/b11-9+,12-10+. The number of carbonyl (C=O) groups is 2. The van der Waals surface area contributed by atoms with Crippen molar-refractivity contribution in [3.8, 4) is 23.0 Å². The Morgan fingerprint density at radius 2 is 1.22 bits per heavy atom. The van der Waals surface area contributed by atoms with E-state index in [4.69, 9.17) is 9.47 Å². The normalized spacial score (nSPS) is 11.0. The van der Waals surface area contributed by atoms with Crippen LogP contribution in [-0.2, 0) is 9.59 Å². The van der Waals surface area contributed by atoms with Crippen LogP contribution in [0, 0.1) is 0 Å². The number of rotatable bonds is 8. The van der Waals surface area contributed by atoms with Gasteiger partial charge in [-0.25, -0.2) is 0 Å². The van der Waals surface area contributed by atoms with Crippen LogP contribution in [0.25, 0.3) is 12.2 Å². The highest BCUT2D eigenvalue weighted by atomic mass is 16.5. The van der Waals surface area contributed by atoms with E-state index in [1.54, 1.807) is 36.4 Å². The molecule has 0 aromatic heterocycles. The van der Waals surface area contributed by atoms with E-state index in [0.717, 1.165) is 0 Å². The highest BCUT2D eigenvalue weighted by molar-refractivity contribution is 6.11. The number of hydrogen-bond donors (Lipinski definition) is 2. The molecule has 2 aromatic carbocycles. The van der Waals surface area contributed by atoms with Crippen LogP contribution in [0.15, 0.2) is 48.6 Å². The molecule has 140 valence electrons. The van der Waals surface area contributed by atoms with E-state index >= 15 is 0 Å². The number of hydrogen-bond acceptors (Lipinski definition) is 6. The number of para-hydroxylation sites is 2. The molecule has 0 aliphatic carbocycles. The molecule has 6 heteroatoms. The van der Waals surface area contributed by atoms with Crippen LogP contribution < -0.4 is 9.47 Å². The van der Waals surface area contributed by atoms with Gasteiger partial charge in [0.2, 0.25) is 0 Å². The average Bonchev–Trinajstić information content (AvgIpc) is 2.66. The molecule has 2 rings (SSSR count). The Hall–Kier alpha value is -3.54. The molecule has 0 unspecified atom stereocenters. The first kappa shape index (κ1) is 19.8. The Kier molecular flexibility index (Phi) is 6.77. The van der Waals surface area contributed by atoms with Crippen molar-refractivity contribution in [2.45, 2.75) is 6.42 Å². The van der Waals surface area contributed by atoms with Gasteiger partial charge in [-0.3, -0.25) is 9.59 Å². The predicted octanol–water partition coefficient (Wildman–Crippen LogP) is 3.37. The summed E-state index contributed by atoms with van der Waals surface area (Å²) in [7, 11) is 2.86. The largest absolute Gasteiger partial charge is 0.504 e. The fraction of sp³-hybridized carbons (Fsp3) is 0.143. The Labute approximate surface area is 157 Å². The van der Waals surface area contributed by atoms with E-state index in [2.05, 4.69) is 0 Å². The van der Waals surface area contributed by atoms with Gasteiger partial charge in [0.25, 0.3) is 0 Å². The van der Waals surface area contributed by atoms with Crippen molar-refractivity contribution in [2.24, 2.45) is 0 Å². The lowest BCUT2D eigenvalue weighted by molar-refractivity contribution is -0.121. The summed E-state index contributed by atoms with van der Waals surface area (Å²) in [6.07, 6.45) is 4.96. The number of aromatic hydroxyl groups is 2. The summed E-state index contributed by atoms with van der Waals surface area (Å²) in [4.78, 5) is 23.9. The first-order valence-electron chi connectivity index (χ1n) is 8.10. The van der Waals surface area contributed by atoms with Crippen LogP contribution >= 0.6 is 0 Å². The molecule has 27 heavy (non-hydrogen) atoms. The van der Waals surface area contributed by atoms with E-state index < -0.39 is 11.6 Å². The fourth-order valence-corrected chi connectivity index (χ4v) is 2.33. The topological polar surface area (TPSA) is 93.1 Å². The minimum atomic E-state index is -0.415. The first-order chi connectivity index (χ1) is 13.0. The summed E-state index contributed by atoms with van der Waals surface area (Å²) < 4.78 is 9.99. The zero-order valence-corrected chi connectivity index (χ0v) is 15.0. The van der Waals surface area contributed by atoms with Gasteiger partial charge < -0.3 is 19.7 Å². The van der Waals surface area contributed by atoms with Crippen LogP contribution in [0.3, 0.4) is 0 Å². The molecule has 0 aliphatic rings. The summed E-state index contributed by atoms with van der Waals surface area (Å²) in [5.41, 5.74) is 0.819. The van der Waals surface area contributed by atoms with E-state index in [-0.39, 0.29) is 17.9 Å². The maximum atomic E-state index is 11.9. The molecule has 0 saturated heterocycles. The molecule has 0 aliphatic heterocycles. The molecule has 0 spiro atoms. The Bertz CT molecular complexity index is 822. The molecule has 0 heterocycles. The Balaban J connectivity index is 2.01. The number of ketones is 2. The van der Waals surface area contributed by atoms with Gasteiger partial charge in [0, 0.05) is 11.1 Å². The van der Waals surface area contributed by atoms with Crippen molar-refractivity contribution in [1.82, 2.24) is 0 Å². The first-order valence-corrected chi connectivity index (χ1v) is 8.10. The summed E-state index contributed by atoms with van der Waals surface area (Å²) in [5.74, 6) is -0.403. The van der Waals surface area contributed by atoms with Crippen molar-refractivity contribution in [3.05, 3.63) is 59.7 Å². The lowest BCUT2D eigenvalue weighted by atomic mass is 10.1. The smallest absolute Gasteiger partial charge is 0.165 e. The molecule has 0 bridgehead atoms. The second kappa shape index (κ2) is 9.24. The minimum Gasteiger partial charge on any atom is -0.504 e. The Morgan fingerprint density at radius 3 is 1.59 bits per heavy atom. The van der Waals surface area contributed by atoms with Gasteiger partial charge in [0.15, 0.2) is 34.6 Å². The molecule has 0 amide bonds. The number of ether oxygens (including phenoxy) is 2. The number of methoxy groups -OCH3 is 2. The lowest BCUT2D eigenvalue weighted by Crippen LogP contribution is -2.02. The van der Waals surface area contributed by atoms with Crippen molar-refractivity contribution >= 4 is 23.7 Å². The average molecular weight is 368 g/mol. The maximum absolute atomic E-state index is 11.9. The second-order valence-electron chi connectivity index (χ2n) is 5.57. The van der Waals surface area contributed by atoms with Gasteiger partial charge in [-0.1, -0.05) is 24.3 Å². The number of phenols is 2. The van der Waals surface area contributed by atoms with Gasteiger partial charge in [-0.2, -0.15) is 0 Å². The van der Waals surface area contributed by atoms with Crippen LogP contribution in [0.1, 0.15) is 17.5 Å². The molecule has 0 saturated carbocycles. The summed E-state index contributed by atoms with van der Waals surface area (Å²) in [6.45, 7) is 0. The molecule has 0 radical (unpaired) electrons. The molecular weight excluding hydrogens is 348 g/mol. The minimum absolute atomic E-state index is 0.0798. The van der Waals surface area contributed by atoms with Crippen molar-refractivity contribution < 1.29 is 29.3 Å². The number of benzene rings is 2. The van der Waals surface area contributed by atoms with Gasteiger partial charge in [0.1, 0.15) is 0 Å². The Morgan fingerprint density at radius 1 is 0.815 bits per heavy atom. The molecular formula is C21H20O6. The third-order valence-electron chi connectivity index (χ3n) is 3.75. The van der Waals surface area contributed by atoms with Gasteiger partial charge in [-0.05, 0) is 36.4 Å². The van der Waals surface area contributed by atoms with Crippen LogP contribution in [0.4, 0.5) is 0 Å². The quantitative estimate of drug-likeness (QED) is 0.548. The SMILES string of the molecule is COc1cccc(/C=C/C(=O)CC(=O)/C=C/c2cccc(OC)c2O)c1O. The molecule has 0 atom stereocenters. The lowest BCUT2D eigenvalue weighted by Gasteiger charge is -2.05. The van der Waals surface area contributed by atoms with Gasteiger partial charge >= 0.3 is 0 Å². The van der Waals surface area contributed by atoms with Crippen molar-refractivity contribution in [2.75, 3.05) is 14.2 Å². The summed E-state index contributed by atoms with van der Waals surface area (Å²) in [5, 5.41) is 19.9. The highest BCUT2D eigenvalue weighted by Gasteiger charge is 2.08. The maximum Gasteiger partial charge on any atom is 0.165 e. The van der Waals surface area contributed by atoms with Crippen LogP contribution in [-0.4, -0.2) is 36.0 Å². The fourth-order valence-electron chi connectivity index (χ4n) is 2.33. The van der Waals surface area contributed by atoms with Crippen molar-refractivity contribution in [1.29, 1.82) is 0 Å². The third-order valence-corrected chi connectivity index (χ3v) is 3.75. The highest BCUT2D eigenvalue weighted by Crippen LogP contribution is 2.31. The summed E-state index contributed by atoms with van der Waals surface area (Å²) in [6, 6.07) is 9.78. The van der Waals surface area contributed by atoms with E-state index in [0.29, 0.717) is 22.6 Å². The predicted molar refractivity (Wildman–Crippen MR) is 102 cm³/mol.